The first kappa shape index (κ1) is 24.3. The summed E-state index contributed by atoms with van der Waals surface area (Å²) in [7, 11) is 0. The highest BCUT2D eigenvalue weighted by Gasteiger charge is 2.44. The highest BCUT2D eigenvalue weighted by atomic mass is 16.2. The van der Waals surface area contributed by atoms with Crippen LogP contribution in [-0.2, 0) is 9.59 Å². The van der Waals surface area contributed by atoms with Crippen LogP contribution in [0.2, 0.25) is 0 Å². The lowest BCUT2D eigenvalue weighted by Gasteiger charge is -2.36. The van der Waals surface area contributed by atoms with Gasteiger partial charge >= 0.3 is 0 Å². The van der Waals surface area contributed by atoms with Gasteiger partial charge in [-0.25, -0.2) is 0 Å². The second-order valence-corrected chi connectivity index (χ2v) is 9.42. The number of nitrogens with zero attached hydrogens (tertiary/aromatic N) is 3. The molecule has 1 aromatic carbocycles. The summed E-state index contributed by atoms with van der Waals surface area (Å²) in [5.41, 5.74) is 7.12. The Morgan fingerprint density at radius 3 is 2.24 bits per heavy atom. The molecule has 184 valence electrons. The van der Waals surface area contributed by atoms with Crippen LogP contribution in [0.1, 0.15) is 72.1 Å². The number of rotatable bonds is 10. The van der Waals surface area contributed by atoms with Gasteiger partial charge in [0.1, 0.15) is 6.04 Å². The molecule has 34 heavy (non-hydrogen) atoms. The molecule has 1 atom stereocenters. The SMILES string of the molecule is NCCCCCCCCN1CCN(c2ccc3c(c2)C(=O)N(C2CCC(=O)NC2=O)C3=O)CC1. The van der Waals surface area contributed by atoms with Gasteiger partial charge in [-0.05, 0) is 50.6 Å². The second kappa shape index (κ2) is 11.1. The molecule has 3 N–H and O–H groups in total. The predicted molar refractivity (Wildman–Crippen MR) is 129 cm³/mol. The normalized spacial score (nSPS) is 21.3. The second-order valence-electron chi connectivity index (χ2n) is 9.42. The number of fused-ring (bicyclic) bond motifs is 1. The van der Waals surface area contributed by atoms with Gasteiger partial charge in [0.25, 0.3) is 11.8 Å². The molecule has 4 amide bonds. The smallest absolute Gasteiger partial charge is 0.262 e. The van der Waals surface area contributed by atoms with Crippen LogP contribution in [0.5, 0.6) is 0 Å². The number of benzene rings is 1. The van der Waals surface area contributed by atoms with E-state index in [1.54, 1.807) is 12.1 Å². The fourth-order valence-corrected chi connectivity index (χ4v) is 5.07. The quantitative estimate of drug-likeness (QED) is 0.394. The zero-order chi connectivity index (χ0) is 24.1. The number of nitrogens with two attached hydrogens (primary N) is 1. The summed E-state index contributed by atoms with van der Waals surface area (Å²) in [6.07, 6.45) is 7.66. The van der Waals surface area contributed by atoms with E-state index in [4.69, 9.17) is 5.73 Å². The molecule has 3 heterocycles. The zero-order valence-electron chi connectivity index (χ0n) is 19.8. The molecule has 0 spiro atoms. The van der Waals surface area contributed by atoms with E-state index < -0.39 is 23.8 Å². The number of unbranched alkanes of at least 4 members (excludes halogenated alkanes) is 5. The first-order valence-corrected chi connectivity index (χ1v) is 12.5. The fraction of sp³-hybridized carbons (Fsp3) is 0.600. The first-order valence-electron chi connectivity index (χ1n) is 12.5. The van der Waals surface area contributed by atoms with E-state index >= 15 is 0 Å². The number of imide groups is 2. The summed E-state index contributed by atoms with van der Waals surface area (Å²) >= 11 is 0. The van der Waals surface area contributed by atoms with Crippen molar-refractivity contribution >= 4 is 29.3 Å². The standard InChI is InChI=1S/C25H35N5O4/c26-11-5-3-1-2-4-6-12-28-13-15-29(16-14-28)18-7-8-19-20(17-18)25(34)30(24(19)33)21-9-10-22(31)27-23(21)32/h7-8,17,21H,1-6,9-16,26H2,(H,27,31,32). The van der Waals surface area contributed by atoms with Crippen molar-refractivity contribution in [2.24, 2.45) is 5.73 Å². The van der Waals surface area contributed by atoms with E-state index in [-0.39, 0.29) is 18.7 Å². The first-order chi connectivity index (χ1) is 16.5. The summed E-state index contributed by atoms with van der Waals surface area (Å²) in [4.78, 5) is 55.4. The Morgan fingerprint density at radius 2 is 1.53 bits per heavy atom. The van der Waals surface area contributed by atoms with E-state index in [1.807, 2.05) is 6.07 Å². The maximum Gasteiger partial charge on any atom is 0.262 e. The Hall–Kier alpha value is -2.78. The average Bonchev–Trinajstić information content (AvgIpc) is 3.08. The number of hydrogen-bond donors (Lipinski definition) is 2. The third-order valence-corrected chi connectivity index (χ3v) is 7.09. The van der Waals surface area contributed by atoms with Gasteiger partial charge in [-0.1, -0.05) is 25.7 Å². The van der Waals surface area contributed by atoms with Crippen molar-refractivity contribution in [3.05, 3.63) is 29.3 Å². The van der Waals surface area contributed by atoms with Gasteiger partial charge < -0.3 is 10.6 Å². The molecule has 0 aliphatic carbocycles. The highest BCUT2D eigenvalue weighted by Crippen LogP contribution is 2.31. The molecule has 0 saturated carbocycles. The van der Waals surface area contributed by atoms with Crippen LogP contribution in [0.15, 0.2) is 18.2 Å². The fourth-order valence-electron chi connectivity index (χ4n) is 5.07. The Morgan fingerprint density at radius 1 is 0.853 bits per heavy atom. The summed E-state index contributed by atoms with van der Waals surface area (Å²) in [6, 6.07) is 4.42. The molecule has 0 bridgehead atoms. The minimum Gasteiger partial charge on any atom is -0.369 e. The van der Waals surface area contributed by atoms with Crippen molar-refractivity contribution in [3.63, 3.8) is 0 Å². The minimum absolute atomic E-state index is 0.119. The third-order valence-electron chi connectivity index (χ3n) is 7.09. The molecule has 1 unspecified atom stereocenters. The van der Waals surface area contributed by atoms with Gasteiger partial charge in [-0.15, -0.1) is 0 Å². The van der Waals surface area contributed by atoms with Crippen LogP contribution in [0.3, 0.4) is 0 Å². The lowest BCUT2D eigenvalue weighted by Crippen LogP contribution is -2.54. The molecule has 9 nitrogen and oxygen atoms in total. The Labute approximate surface area is 200 Å². The van der Waals surface area contributed by atoms with E-state index in [9.17, 15) is 19.2 Å². The van der Waals surface area contributed by atoms with E-state index in [1.165, 1.54) is 32.1 Å². The predicted octanol–water partition coefficient (Wildman–Crippen LogP) is 1.51. The van der Waals surface area contributed by atoms with Crippen molar-refractivity contribution < 1.29 is 19.2 Å². The van der Waals surface area contributed by atoms with Crippen LogP contribution in [0.4, 0.5) is 5.69 Å². The number of piperazine rings is 1. The molecule has 2 saturated heterocycles. The monoisotopic (exact) mass is 469 g/mol. The van der Waals surface area contributed by atoms with Crippen LogP contribution in [0, 0.1) is 0 Å². The summed E-state index contributed by atoms with van der Waals surface area (Å²) in [6.45, 7) is 5.58. The van der Waals surface area contributed by atoms with Gasteiger partial charge in [0, 0.05) is 38.3 Å². The molecule has 3 aliphatic heterocycles. The number of carbonyl (C=O) groups excluding carboxylic acids is 4. The van der Waals surface area contributed by atoms with Gasteiger partial charge in [0.15, 0.2) is 0 Å². The largest absolute Gasteiger partial charge is 0.369 e. The van der Waals surface area contributed by atoms with Gasteiger partial charge in [0.05, 0.1) is 11.1 Å². The van der Waals surface area contributed by atoms with Crippen LogP contribution < -0.4 is 16.0 Å². The molecular formula is C25H35N5O4. The minimum atomic E-state index is -0.933. The number of nitrogens with one attached hydrogen (secondary N) is 1. The Bertz CT molecular complexity index is 941. The van der Waals surface area contributed by atoms with E-state index in [0.717, 1.165) is 56.3 Å². The maximum atomic E-state index is 13.1. The van der Waals surface area contributed by atoms with Gasteiger partial charge in [0.2, 0.25) is 11.8 Å². The molecule has 4 rings (SSSR count). The summed E-state index contributed by atoms with van der Waals surface area (Å²) in [5, 5.41) is 2.23. The van der Waals surface area contributed by atoms with Crippen molar-refractivity contribution in [1.29, 1.82) is 0 Å². The number of anilines is 1. The van der Waals surface area contributed by atoms with Gasteiger partial charge in [-0.2, -0.15) is 0 Å². The van der Waals surface area contributed by atoms with E-state index in [2.05, 4.69) is 15.1 Å². The van der Waals surface area contributed by atoms with Crippen molar-refractivity contribution in [2.75, 3.05) is 44.2 Å². The molecular weight excluding hydrogens is 434 g/mol. The molecule has 0 radical (unpaired) electrons. The third kappa shape index (κ3) is 5.31. The highest BCUT2D eigenvalue weighted by molar-refractivity contribution is 6.23. The van der Waals surface area contributed by atoms with E-state index in [0.29, 0.717) is 11.1 Å². The van der Waals surface area contributed by atoms with Crippen molar-refractivity contribution in [2.45, 2.75) is 57.4 Å². The van der Waals surface area contributed by atoms with Crippen LogP contribution >= 0.6 is 0 Å². The molecule has 3 aliphatic rings. The number of hydrogen-bond acceptors (Lipinski definition) is 7. The maximum absolute atomic E-state index is 13.1. The Balaban J connectivity index is 1.30. The molecule has 2 fully saturated rings. The molecule has 9 heteroatoms. The average molecular weight is 470 g/mol. The Kier molecular flexibility index (Phi) is 7.95. The molecule has 1 aromatic rings. The van der Waals surface area contributed by atoms with Crippen molar-refractivity contribution in [1.82, 2.24) is 15.1 Å². The van der Waals surface area contributed by atoms with Crippen LogP contribution in [0.25, 0.3) is 0 Å². The van der Waals surface area contributed by atoms with Gasteiger partial charge in [-0.3, -0.25) is 34.3 Å². The molecule has 0 aromatic heterocycles. The number of piperidine rings is 1. The van der Waals surface area contributed by atoms with Crippen molar-refractivity contribution in [3.8, 4) is 0 Å². The number of carbonyl (C=O) groups is 4. The lowest BCUT2D eigenvalue weighted by molar-refractivity contribution is -0.136. The topological polar surface area (TPSA) is 116 Å². The van der Waals surface area contributed by atoms with Crippen LogP contribution in [-0.4, -0.2) is 78.7 Å². The lowest BCUT2D eigenvalue weighted by atomic mass is 10.0. The number of amides is 4. The summed E-state index contributed by atoms with van der Waals surface area (Å²) in [5.74, 6) is -1.88. The summed E-state index contributed by atoms with van der Waals surface area (Å²) < 4.78 is 0. The zero-order valence-corrected chi connectivity index (χ0v) is 19.8.